The number of nitrogens with one attached hydrogen (secondary N) is 1. The van der Waals surface area contributed by atoms with Crippen LogP contribution >= 0.6 is 0 Å². The number of fused-ring (bicyclic) bond motifs is 1. The van der Waals surface area contributed by atoms with E-state index in [1.807, 2.05) is 21.9 Å². The molecule has 0 aliphatic carbocycles. The SMILES string of the molecule is CC(=O)N1C[C@H]2CN(C(=O)c3cc(C)[nH]c(=O)c3)C[C@H]2[C@@H]1c1ccccc1C. The van der Waals surface area contributed by atoms with Crippen LogP contribution in [0.2, 0.25) is 0 Å². The van der Waals surface area contributed by atoms with Crippen LogP contribution in [-0.2, 0) is 4.79 Å². The van der Waals surface area contributed by atoms with Crippen LogP contribution in [0.3, 0.4) is 0 Å². The Labute approximate surface area is 164 Å². The lowest BCUT2D eigenvalue weighted by Gasteiger charge is -2.30. The van der Waals surface area contributed by atoms with Crippen LogP contribution in [0, 0.1) is 25.7 Å². The highest BCUT2D eigenvalue weighted by Gasteiger charge is 2.49. The van der Waals surface area contributed by atoms with Crippen molar-refractivity contribution in [3.05, 3.63) is 69.1 Å². The monoisotopic (exact) mass is 379 g/mol. The average Bonchev–Trinajstić information content (AvgIpc) is 3.19. The summed E-state index contributed by atoms with van der Waals surface area (Å²) in [6.07, 6.45) is 0. The van der Waals surface area contributed by atoms with E-state index in [1.54, 1.807) is 19.9 Å². The summed E-state index contributed by atoms with van der Waals surface area (Å²) in [7, 11) is 0. The van der Waals surface area contributed by atoms with Gasteiger partial charge in [-0.25, -0.2) is 0 Å². The molecule has 3 heterocycles. The molecule has 1 N–H and O–H groups in total. The van der Waals surface area contributed by atoms with E-state index in [1.165, 1.54) is 6.07 Å². The summed E-state index contributed by atoms with van der Waals surface area (Å²) in [6.45, 7) is 7.33. The lowest BCUT2D eigenvalue weighted by Crippen LogP contribution is -2.37. The molecule has 0 spiro atoms. The molecule has 6 nitrogen and oxygen atoms in total. The number of hydrogen-bond acceptors (Lipinski definition) is 3. The van der Waals surface area contributed by atoms with Crippen molar-refractivity contribution in [1.29, 1.82) is 0 Å². The first-order chi connectivity index (χ1) is 13.3. The van der Waals surface area contributed by atoms with Gasteiger partial charge in [0.25, 0.3) is 5.91 Å². The van der Waals surface area contributed by atoms with Gasteiger partial charge in [-0.2, -0.15) is 0 Å². The number of amides is 2. The quantitative estimate of drug-likeness (QED) is 0.870. The highest BCUT2D eigenvalue weighted by Crippen LogP contribution is 2.45. The van der Waals surface area contributed by atoms with E-state index in [2.05, 4.69) is 24.0 Å². The molecule has 2 saturated heterocycles. The molecule has 1 aromatic carbocycles. The first kappa shape index (κ1) is 18.5. The average molecular weight is 379 g/mol. The van der Waals surface area contributed by atoms with E-state index in [-0.39, 0.29) is 35.3 Å². The van der Waals surface area contributed by atoms with Gasteiger partial charge in [-0.3, -0.25) is 14.4 Å². The summed E-state index contributed by atoms with van der Waals surface area (Å²) in [5.41, 5.74) is 3.16. The number of aromatic nitrogens is 1. The molecule has 28 heavy (non-hydrogen) atoms. The summed E-state index contributed by atoms with van der Waals surface area (Å²) < 4.78 is 0. The highest BCUT2D eigenvalue weighted by atomic mass is 16.2. The van der Waals surface area contributed by atoms with Crippen LogP contribution in [0.1, 0.15) is 40.1 Å². The van der Waals surface area contributed by atoms with Crippen LogP contribution in [0.15, 0.2) is 41.2 Å². The van der Waals surface area contributed by atoms with Gasteiger partial charge in [0.05, 0.1) is 6.04 Å². The second kappa shape index (κ2) is 6.93. The molecule has 0 saturated carbocycles. The minimum atomic E-state index is -0.261. The predicted octanol–water partition coefficient (Wildman–Crippen LogP) is 2.28. The Bertz CT molecular complexity index is 997. The molecule has 4 rings (SSSR count). The van der Waals surface area contributed by atoms with Crippen molar-refractivity contribution in [1.82, 2.24) is 14.8 Å². The van der Waals surface area contributed by atoms with Gasteiger partial charge < -0.3 is 14.8 Å². The Balaban J connectivity index is 1.63. The number of H-pyrrole nitrogens is 1. The second-order valence-electron chi connectivity index (χ2n) is 8.02. The second-order valence-corrected chi connectivity index (χ2v) is 8.02. The minimum absolute atomic E-state index is 0.0117. The van der Waals surface area contributed by atoms with Crippen molar-refractivity contribution in [3.8, 4) is 0 Å². The molecule has 2 aromatic rings. The summed E-state index contributed by atoms with van der Waals surface area (Å²) in [5.74, 6) is 0.421. The number of likely N-dealkylation sites (tertiary alicyclic amines) is 2. The molecule has 3 atom stereocenters. The van der Waals surface area contributed by atoms with Gasteiger partial charge >= 0.3 is 0 Å². The number of pyridine rings is 1. The lowest BCUT2D eigenvalue weighted by molar-refractivity contribution is -0.130. The van der Waals surface area contributed by atoms with Crippen LogP contribution in [-0.4, -0.2) is 46.2 Å². The maximum atomic E-state index is 13.0. The number of aryl methyl sites for hydroxylation is 2. The zero-order chi connectivity index (χ0) is 20.0. The Morgan fingerprint density at radius 1 is 1.07 bits per heavy atom. The van der Waals surface area contributed by atoms with Crippen molar-refractivity contribution in [3.63, 3.8) is 0 Å². The van der Waals surface area contributed by atoms with Crippen molar-refractivity contribution in [2.24, 2.45) is 11.8 Å². The number of aromatic amines is 1. The lowest BCUT2D eigenvalue weighted by atomic mass is 9.87. The predicted molar refractivity (Wildman–Crippen MR) is 106 cm³/mol. The molecule has 6 heteroatoms. The molecule has 0 unspecified atom stereocenters. The third-order valence-electron chi connectivity index (χ3n) is 6.09. The Morgan fingerprint density at radius 2 is 1.82 bits per heavy atom. The van der Waals surface area contributed by atoms with Crippen molar-refractivity contribution < 1.29 is 9.59 Å². The normalized spacial score (nSPS) is 23.8. The zero-order valence-electron chi connectivity index (χ0n) is 16.4. The van der Waals surface area contributed by atoms with E-state index < -0.39 is 0 Å². The van der Waals surface area contributed by atoms with E-state index in [4.69, 9.17) is 0 Å². The first-order valence-electron chi connectivity index (χ1n) is 9.68. The van der Waals surface area contributed by atoms with E-state index >= 15 is 0 Å². The highest BCUT2D eigenvalue weighted by molar-refractivity contribution is 5.94. The van der Waals surface area contributed by atoms with E-state index in [0.29, 0.717) is 30.9 Å². The van der Waals surface area contributed by atoms with Gasteiger partial charge in [-0.15, -0.1) is 0 Å². The van der Waals surface area contributed by atoms with Gasteiger partial charge in [0.1, 0.15) is 0 Å². The molecule has 146 valence electrons. The third-order valence-corrected chi connectivity index (χ3v) is 6.09. The smallest absolute Gasteiger partial charge is 0.254 e. The molecule has 2 aliphatic rings. The summed E-state index contributed by atoms with van der Waals surface area (Å²) in [5, 5.41) is 0. The zero-order valence-corrected chi connectivity index (χ0v) is 16.4. The minimum Gasteiger partial charge on any atom is -0.338 e. The first-order valence-corrected chi connectivity index (χ1v) is 9.68. The summed E-state index contributed by atoms with van der Waals surface area (Å²) >= 11 is 0. The van der Waals surface area contributed by atoms with Crippen LogP contribution in [0.25, 0.3) is 0 Å². The van der Waals surface area contributed by atoms with Crippen molar-refractivity contribution in [2.45, 2.75) is 26.8 Å². The molecule has 1 aromatic heterocycles. The summed E-state index contributed by atoms with van der Waals surface area (Å²) in [4.78, 5) is 43.5. The van der Waals surface area contributed by atoms with Gasteiger partial charge in [-0.1, -0.05) is 24.3 Å². The Hall–Kier alpha value is -2.89. The Kier molecular flexibility index (Phi) is 4.57. The standard InChI is InChI=1S/C22H25N3O3/c1-13-6-4-5-7-18(13)21-19-12-24(10-17(19)11-25(21)15(3)26)22(28)16-8-14(2)23-20(27)9-16/h4-9,17,19,21H,10-12H2,1-3H3,(H,23,27)/t17-,19-,21+/m1/s1. The number of benzene rings is 1. The molecule has 0 bridgehead atoms. The molecular weight excluding hydrogens is 354 g/mol. The number of carbonyl (C=O) groups excluding carboxylic acids is 2. The Morgan fingerprint density at radius 3 is 2.50 bits per heavy atom. The van der Waals surface area contributed by atoms with Crippen LogP contribution in [0.5, 0.6) is 0 Å². The van der Waals surface area contributed by atoms with Crippen molar-refractivity contribution >= 4 is 11.8 Å². The number of hydrogen-bond donors (Lipinski definition) is 1. The fourth-order valence-corrected chi connectivity index (χ4v) is 4.84. The molecule has 2 fully saturated rings. The van der Waals surface area contributed by atoms with Crippen molar-refractivity contribution in [2.75, 3.05) is 19.6 Å². The van der Waals surface area contributed by atoms with Gasteiger partial charge in [0.15, 0.2) is 0 Å². The molecule has 2 amide bonds. The van der Waals surface area contributed by atoms with Crippen LogP contribution in [0.4, 0.5) is 0 Å². The largest absolute Gasteiger partial charge is 0.338 e. The number of rotatable bonds is 2. The van der Waals surface area contributed by atoms with Gasteiger partial charge in [0, 0.05) is 55.7 Å². The van der Waals surface area contributed by atoms with Gasteiger partial charge in [-0.05, 0) is 31.0 Å². The third kappa shape index (κ3) is 3.13. The van der Waals surface area contributed by atoms with E-state index in [9.17, 15) is 14.4 Å². The number of nitrogens with zero attached hydrogens (tertiary/aromatic N) is 2. The number of carbonyl (C=O) groups is 2. The summed E-state index contributed by atoms with van der Waals surface area (Å²) in [6, 6.07) is 11.2. The fraction of sp³-hybridized carbons (Fsp3) is 0.409. The van der Waals surface area contributed by atoms with E-state index in [0.717, 1.165) is 11.1 Å². The molecular formula is C22H25N3O3. The van der Waals surface area contributed by atoms with Crippen LogP contribution < -0.4 is 5.56 Å². The maximum Gasteiger partial charge on any atom is 0.254 e. The molecule has 2 aliphatic heterocycles. The topological polar surface area (TPSA) is 73.5 Å². The molecule has 0 radical (unpaired) electrons. The van der Waals surface area contributed by atoms with Gasteiger partial charge in [0.2, 0.25) is 11.5 Å². The maximum absolute atomic E-state index is 13.0. The fourth-order valence-electron chi connectivity index (χ4n) is 4.84.